The number of amides is 1. The van der Waals surface area contributed by atoms with E-state index < -0.39 is 0 Å². The molecule has 0 saturated heterocycles. The number of pyridine rings is 1. The number of nitrogens with zero attached hydrogens (tertiary/aromatic N) is 1. The van der Waals surface area contributed by atoms with Gasteiger partial charge >= 0.3 is 0 Å². The topological polar surface area (TPSA) is 68.0 Å². The van der Waals surface area contributed by atoms with E-state index in [2.05, 4.69) is 10.3 Å². The molecular weight excluding hydrogens is 333 g/mol. The molecule has 1 aliphatic rings. The third kappa shape index (κ3) is 3.94. The molecule has 1 aromatic carbocycles. The summed E-state index contributed by atoms with van der Waals surface area (Å²) in [6.45, 7) is 0.946. The molecule has 0 radical (unpaired) electrons. The number of benzene rings is 1. The van der Waals surface area contributed by atoms with E-state index in [9.17, 15) is 4.79 Å². The molecule has 0 bridgehead atoms. The Kier molecular flexibility index (Phi) is 7.26. The first kappa shape index (κ1) is 19.7. The predicted molar refractivity (Wildman–Crippen MR) is 98.0 cm³/mol. The van der Waals surface area contributed by atoms with Crippen molar-refractivity contribution in [3.8, 4) is 0 Å². The number of fused-ring (bicyclic) bond motifs is 1. The Bertz CT molecular complexity index is 652. The van der Waals surface area contributed by atoms with Crippen LogP contribution in [0.5, 0.6) is 0 Å². The zero-order valence-electron chi connectivity index (χ0n) is 13.0. The monoisotopic (exact) mass is 355 g/mol. The molecule has 1 heterocycles. The van der Waals surface area contributed by atoms with Gasteiger partial charge in [-0.1, -0.05) is 37.1 Å². The molecular formula is C17H23Cl2N3O. The van der Waals surface area contributed by atoms with Crippen molar-refractivity contribution in [3.05, 3.63) is 42.1 Å². The largest absolute Gasteiger partial charge is 0.351 e. The van der Waals surface area contributed by atoms with Gasteiger partial charge < -0.3 is 11.1 Å². The number of carbonyl (C=O) groups excluding carboxylic acids is 1. The third-order valence-electron chi connectivity index (χ3n) is 4.59. The van der Waals surface area contributed by atoms with E-state index in [1.807, 2.05) is 30.3 Å². The summed E-state index contributed by atoms with van der Waals surface area (Å²) in [4.78, 5) is 16.9. The van der Waals surface area contributed by atoms with E-state index in [1.165, 1.54) is 0 Å². The van der Waals surface area contributed by atoms with E-state index in [0.717, 1.165) is 42.1 Å². The molecule has 3 N–H and O–H groups in total. The van der Waals surface area contributed by atoms with Gasteiger partial charge in [0.2, 0.25) is 5.91 Å². The van der Waals surface area contributed by atoms with Gasteiger partial charge in [-0.15, -0.1) is 24.8 Å². The molecule has 0 spiro atoms. The van der Waals surface area contributed by atoms with E-state index in [1.54, 1.807) is 6.20 Å². The SMILES string of the molecule is Cl.Cl.NCC1(C(=O)NCc2cccc3cccnc23)CCCC1. The summed E-state index contributed by atoms with van der Waals surface area (Å²) >= 11 is 0. The number of aromatic nitrogens is 1. The molecule has 126 valence electrons. The van der Waals surface area contributed by atoms with Crippen LogP contribution in [0.2, 0.25) is 0 Å². The van der Waals surface area contributed by atoms with Crippen molar-refractivity contribution in [2.45, 2.75) is 32.2 Å². The molecule has 23 heavy (non-hydrogen) atoms. The van der Waals surface area contributed by atoms with E-state index in [-0.39, 0.29) is 36.1 Å². The van der Waals surface area contributed by atoms with Gasteiger partial charge in [-0.3, -0.25) is 9.78 Å². The molecule has 0 unspecified atom stereocenters. The molecule has 1 saturated carbocycles. The van der Waals surface area contributed by atoms with Gasteiger partial charge in [-0.05, 0) is 24.5 Å². The third-order valence-corrected chi connectivity index (χ3v) is 4.59. The minimum absolute atomic E-state index is 0. The van der Waals surface area contributed by atoms with Gasteiger partial charge in [-0.2, -0.15) is 0 Å². The van der Waals surface area contributed by atoms with Crippen molar-refractivity contribution in [2.24, 2.45) is 11.1 Å². The second kappa shape index (κ2) is 8.48. The van der Waals surface area contributed by atoms with Crippen molar-refractivity contribution in [3.63, 3.8) is 0 Å². The number of carbonyl (C=O) groups is 1. The fraction of sp³-hybridized carbons (Fsp3) is 0.412. The molecule has 0 aliphatic heterocycles. The summed E-state index contributed by atoms with van der Waals surface area (Å²) in [5, 5.41) is 4.16. The summed E-state index contributed by atoms with van der Waals surface area (Å²) in [6, 6.07) is 10.0. The number of hydrogen-bond donors (Lipinski definition) is 2. The van der Waals surface area contributed by atoms with Crippen LogP contribution in [0.3, 0.4) is 0 Å². The van der Waals surface area contributed by atoms with Crippen LogP contribution in [0.15, 0.2) is 36.5 Å². The Labute approximate surface area is 149 Å². The second-order valence-electron chi connectivity index (χ2n) is 5.87. The quantitative estimate of drug-likeness (QED) is 0.884. The molecule has 6 heteroatoms. The molecule has 1 aromatic heterocycles. The average Bonchev–Trinajstić information content (AvgIpc) is 3.03. The maximum Gasteiger partial charge on any atom is 0.227 e. The van der Waals surface area contributed by atoms with Crippen molar-refractivity contribution in [1.82, 2.24) is 10.3 Å². The van der Waals surface area contributed by atoms with Crippen LogP contribution in [-0.2, 0) is 11.3 Å². The van der Waals surface area contributed by atoms with Crippen molar-refractivity contribution < 1.29 is 4.79 Å². The highest BCUT2D eigenvalue weighted by molar-refractivity contribution is 5.86. The van der Waals surface area contributed by atoms with Gasteiger partial charge in [0, 0.05) is 24.7 Å². The minimum Gasteiger partial charge on any atom is -0.351 e. The standard InChI is InChI=1S/C17H21N3O.2ClH/c18-12-17(8-1-2-9-17)16(21)20-11-14-6-3-5-13-7-4-10-19-15(13)14;;/h3-7,10H,1-2,8-9,11-12,18H2,(H,20,21);2*1H. The number of nitrogens with one attached hydrogen (secondary N) is 1. The highest BCUT2D eigenvalue weighted by atomic mass is 35.5. The lowest BCUT2D eigenvalue weighted by Gasteiger charge is -2.25. The fourth-order valence-electron chi connectivity index (χ4n) is 3.25. The lowest BCUT2D eigenvalue weighted by Crippen LogP contribution is -2.43. The van der Waals surface area contributed by atoms with Crippen molar-refractivity contribution in [2.75, 3.05) is 6.54 Å². The summed E-state index contributed by atoms with van der Waals surface area (Å²) in [5.41, 5.74) is 7.51. The van der Waals surface area contributed by atoms with Crippen LogP contribution >= 0.6 is 24.8 Å². The zero-order chi connectivity index (χ0) is 14.7. The number of para-hydroxylation sites is 1. The molecule has 2 aromatic rings. The smallest absolute Gasteiger partial charge is 0.227 e. The van der Waals surface area contributed by atoms with E-state index >= 15 is 0 Å². The van der Waals surface area contributed by atoms with E-state index in [0.29, 0.717) is 13.1 Å². The number of halogens is 2. The Hall–Kier alpha value is -1.36. The van der Waals surface area contributed by atoms with Crippen LogP contribution in [-0.4, -0.2) is 17.4 Å². The summed E-state index contributed by atoms with van der Waals surface area (Å²) in [6.07, 6.45) is 5.79. The van der Waals surface area contributed by atoms with E-state index in [4.69, 9.17) is 5.73 Å². The van der Waals surface area contributed by atoms with Crippen LogP contribution in [0.4, 0.5) is 0 Å². The molecule has 4 nitrogen and oxygen atoms in total. The Balaban J connectivity index is 0.00000132. The first-order valence-corrected chi connectivity index (χ1v) is 7.56. The minimum atomic E-state index is -0.349. The van der Waals surface area contributed by atoms with Crippen molar-refractivity contribution >= 4 is 41.6 Å². The van der Waals surface area contributed by atoms with Gasteiger partial charge in [0.25, 0.3) is 0 Å². The highest BCUT2D eigenvalue weighted by Crippen LogP contribution is 2.37. The molecule has 1 aliphatic carbocycles. The summed E-state index contributed by atoms with van der Waals surface area (Å²) in [7, 11) is 0. The first-order valence-electron chi connectivity index (χ1n) is 7.56. The van der Waals surface area contributed by atoms with Crippen LogP contribution in [0, 0.1) is 5.41 Å². The number of rotatable bonds is 4. The average molecular weight is 356 g/mol. The molecule has 1 fully saturated rings. The van der Waals surface area contributed by atoms with Gasteiger partial charge in [0.1, 0.15) is 0 Å². The number of nitrogens with two attached hydrogens (primary N) is 1. The highest BCUT2D eigenvalue weighted by Gasteiger charge is 2.39. The predicted octanol–water partition coefficient (Wildman–Crippen LogP) is 3.21. The maximum absolute atomic E-state index is 12.5. The maximum atomic E-state index is 12.5. The second-order valence-corrected chi connectivity index (χ2v) is 5.87. The first-order chi connectivity index (χ1) is 10.2. The lowest BCUT2D eigenvalue weighted by molar-refractivity contribution is -0.130. The summed E-state index contributed by atoms with van der Waals surface area (Å²) in [5.74, 6) is 0.0930. The van der Waals surface area contributed by atoms with Gasteiger partial charge in [-0.25, -0.2) is 0 Å². The van der Waals surface area contributed by atoms with Gasteiger partial charge in [0.15, 0.2) is 0 Å². The Morgan fingerprint density at radius 3 is 2.57 bits per heavy atom. The summed E-state index contributed by atoms with van der Waals surface area (Å²) < 4.78 is 0. The Morgan fingerprint density at radius 2 is 1.87 bits per heavy atom. The van der Waals surface area contributed by atoms with Crippen LogP contribution < -0.4 is 11.1 Å². The van der Waals surface area contributed by atoms with Crippen LogP contribution in [0.1, 0.15) is 31.2 Å². The van der Waals surface area contributed by atoms with Crippen molar-refractivity contribution in [1.29, 1.82) is 0 Å². The Morgan fingerprint density at radius 1 is 1.17 bits per heavy atom. The zero-order valence-corrected chi connectivity index (χ0v) is 14.6. The fourth-order valence-corrected chi connectivity index (χ4v) is 3.25. The number of hydrogen-bond acceptors (Lipinski definition) is 3. The molecule has 0 atom stereocenters. The molecule has 3 rings (SSSR count). The van der Waals surface area contributed by atoms with Gasteiger partial charge in [0.05, 0.1) is 10.9 Å². The van der Waals surface area contributed by atoms with Crippen LogP contribution in [0.25, 0.3) is 10.9 Å². The normalized spacial score (nSPS) is 15.5. The lowest BCUT2D eigenvalue weighted by atomic mass is 9.85. The molecule has 1 amide bonds.